The lowest BCUT2D eigenvalue weighted by Gasteiger charge is -2.11. The zero-order chi connectivity index (χ0) is 29.0. The van der Waals surface area contributed by atoms with Crippen molar-refractivity contribution in [2.45, 2.75) is 0 Å². The van der Waals surface area contributed by atoms with E-state index in [0.29, 0.717) is 0 Å². The van der Waals surface area contributed by atoms with Crippen LogP contribution in [0.25, 0.3) is 81.0 Å². The van der Waals surface area contributed by atoms with Crippen molar-refractivity contribution in [2.24, 2.45) is 0 Å². The number of nitrogens with zero attached hydrogens (tertiary/aromatic N) is 1. The van der Waals surface area contributed by atoms with Crippen LogP contribution in [0.3, 0.4) is 0 Å². The molecule has 2 aromatic heterocycles. The Morgan fingerprint density at radius 1 is 0.364 bits per heavy atom. The van der Waals surface area contributed by atoms with Gasteiger partial charge in [-0.15, -0.1) is 11.3 Å². The second kappa shape index (κ2) is 10.1. The third-order valence-electron chi connectivity index (χ3n) is 8.79. The molecule has 7 aromatic carbocycles. The Morgan fingerprint density at radius 3 is 1.73 bits per heavy atom. The number of fused-ring (bicyclic) bond motifs is 7. The molecule has 1 nitrogen and oxygen atoms in total. The molecule has 0 aliphatic heterocycles. The molecular weight excluding hydrogens is 551 g/mol. The summed E-state index contributed by atoms with van der Waals surface area (Å²) in [5.74, 6) is 0. The van der Waals surface area contributed by atoms with Gasteiger partial charge >= 0.3 is 0 Å². The summed E-state index contributed by atoms with van der Waals surface area (Å²) in [6.07, 6.45) is 0. The summed E-state index contributed by atoms with van der Waals surface area (Å²) in [5.41, 5.74) is 11.0. The van der Waals surface area contributed by atoms with E-state index in [1.807, 2.05) is 11.3 Å². The highest BCUT2D eigenvalue weighted by Crippen LogP contribution is 2.44. The molecular formula is C42H27NS. The van der Waals surface area contributed by atoms with Gasteiger partial charge in [-0.2, -0.15) is 0 Å². The van der Waals surface area contributed by atoms with Crippen molar-refractivity contribution in [3.05, 3.63) is 164 Å². The third kappa shape index (κ3) is 4.00. The van der Waals surface area contributed by atoms with Crippen molar-refractivity contribution in [2.75, 3.05) is 0 Å². The molecule has 0 fully saturated rings. The first-order valence-electron chi connectivity index (χ1n) is 15.0. The number of aromatic nitrogens is 1. The van der Waals surface area contributed by atoms with Crippen LogP contribution >= 0.6 is 11.3 Å². The van der Waals surface area contributed by atoms with Crippen LogP contribution in [0.2, 0.25) is 0 Å². The van der Waals surface area contributed by atoms with E-state index in [1.165, 1.54) is 81.0 Å². The Labute approximate surface area is 259 Å². The van der Waals surface area contributed by atoms with Crippen molar-refractivity contribution in [3.63, 3.8) is 0 Å². The summed E-state index contributed by atoms with van der Waals surface area (Å²) in [6.45, 7) is 0. The van der Waals surface area contributed by atoms with Crippen molar-refractivity contribution < 1.29 is 0 Å². The van der Waals surface area contributed by atoms with Crippen LogP contribution in [0, 0.1) is 0 Å². The van der Waals surface area contributed by atoms with Gasteiger partial charge in [0.2, 0.25) is 0 Å². The van der Waals surface area contributed by atoms with Gasteiger partial charge in [0, 0.05) is 31.9 Å². The number of benzene rings is 7. The monoisotopic (exact) mass is 577 g/mol. The molecule has 44 heavy (non-hydrogen) atoms. The van der Waals surface area contributed by atoms with Gasteiger partial charge in [-0.1, -0.05) is 127 Å². The van der Waals surface area contributed by atoms with E-state index in [2.05, 4.69) is 168 Å². The molecule has 0 unspecified atom stereocenters. The van der Waals surface area contributed by atoms with E-state index < -0.39 is 0 Å². The van der Waals surface area contributed by atoms with Crippen molar-refractivity contribution in [1.29, 1.82) is 0 Å². The predicted octanol–water partition coefficient (Wildman–Crippen LogP) is 12.2. The van der Waals surface area contributed by atoms with Crippen molar-refractivity contribution >= 4 is 53.3 Å². The maximum atomic E-state index is 2.49. The van der Waals surface area contributed by atoms with Crippen LogP contribution in [0.4, 0.5) is 0 Å². The summed E-state index contributed by atoms with van der Waals surface area (Å²) in [6, 6.07) is 59.6. The quantitative estimate of drug-likeness (QED) is 0.196. The van der Waals surface area contributed by atoms with Crippen LogP contribution in [-0.2, 0) is 0 Å². The number of hydrogen-bond acceptors (Lipinski definition) is 1. The average Bonchev–Trinajstić information content (AvgIpc) is 3.65. The highest BCUT2D eigenvalue weighted by molar-refractivity contribution is 7.26. The molecule has 2 heteroatoms. The minimum absolute atomic E-state index is 1.18. The Bertz CT molecular complexity index is 2480. The van der Waals surface area contributed by atoms with E-state index in [9.17, 15) is 0 Å². The standard InChI is InChI=1S/C42H27NS/c1-3-11-28(12-4-1)30-15-9-16-31(25-30)33-21-24-39-38(27-33)36-22-23-37-35-19-7-8-20-40(35)44-42(37)41(36)43(39)34-18-10-17-32(26-34)29-13-5-2-6-14-29/h1-27H. The van der Waals surface area contributed by atoms with E-state index in [0.717, 1.165) is 0 Å². The smallest absolute Gasteiger partial charge is 0.0719 e. The number of rotatable bonds is 4. The molecule has 0 spiro atoms. The van der Waals surface area contributed by atoms with Gasteiger partial charge in [0.25, 0.3) is 0 Å². The summed E-state index contributed by atoms with van der Waals surface area (Å²) in [4.78, 5) is 0. The maximum Gasteiger partial charge on any atom is 0.0719 e. The number of hydrogen-bond donors (Lipinski definition) is 0. The molecule has 0 atom stereocenters. The van der Waals surface area contributed by atoms with Crippen LogP contribution < -0.4 is 0 Å². The van der Waals surface area contributed by atoms with E-state index in [1.54, 1.807) is 0 Å². The van der Waals surface area contributed by atoms with Gasteiger partial charge < -0.3 is 4.57 Å². The third-order valence-corrected chi connectivity index (χ3v) is 9.98. The molecule has 9 rings (SSSR count). The first-order valence-corrected chi connectivity index (χ1v) is 15.8. The molecule has 0 aliphatic rings. The first-order chi connectivity index (χ1) is 21.8. The van der Waals surface area contributed by atoms with Crippen LogP contribution in [0.1, 0.15) is 0 Å². The number of thiophene rings is 1. The highest BCUT2D eigenvalue weighted by Gasteiger charge is 2.19. The second-order valence-electron chi connectivity index (χ2n) is 11.4. The average molecular weight is 578 g/mol. The van der Waals surface area contributed by atoms with Gasteiger partial charge in [0.1, 0.15) is 0 Å². The maximum absolute atomic E-state index is 2.49. The molecule has 0 N–H and O–H groups in total. The Kier molecular flexibility index (Phi) is 5.75. The SMILES string of the molecule is c1ccc(-c2cccc(-c3ccc4c(c3)c3ccc5c6ccccc6sc5c3n4-c3cccc(-c4ccccc4)c3)c2)cc1. The molecule has 9 aromatic rings. The van der Waals surface area contributed by atoms with E-state index >= 15 is 0 Å². The summed E-state index contributed by atoms with van der Waals surface area (Å²) in [5, 5.41) is 5.19. The van der Waals surface area contributed by atoms with Gasteiger partial charge in [-0.25, -0.2) is 0 Å². The Balaban J connectivity index is 1.32. The lowest BCUT2D eigenvalue weighted by Crippen LogP contribution is -1.94. The zero-order valence-electron chi connectivity index (χ0n) is 23.9. The Morgan fingerprint density at radius 2 is 0.955 bits per heavy atom. The fourth-order valence-electron chi connectivity index (χ4n) is 6.69. The molecule has 206 valence electrons. The summed E-state index contributed by atoms with van der Waals surface area (Å²) < 4.78 is 5.14. The topological polar surface area (TPSA) is 4.93 Å². The fraction of sp³-hybridized carbons (Fsp3) is 0. The minimum Gasteiger partial charge on any atom is -0.308 e. The Hall–Kier alpha value is -5.44. The largest absolute Gasteiger partial charge is 0.308 e. The lowest BCUT2D eigenvalue weighted by molar-refractivity contribution is 1.19. The summed E-state index contributed by atoms with van der Waals surface area (Å²) >= 11 is 1.90. The normalized spacial score (nSPS) is 11.6. The van der Waals surface area contributed by atoms with Gasteiger partial charge in [0.15, 0.2) is 0 Å². The zero-order valence-corrected chi connectivity index (χ0v) is 24.8. The van der Waals surface area contributed by atoms with Crippen molar-refractivity contribution in [1.82, 2.24) is 4.57 Å². The van der Waals surface area contributed by atoms with Gasteiger partial charge in [-0.05, 0) is 69.8 Å². The van der Waals surface area contributed by atoms with Gasteiger partial charge in [-0.3, -0.25) is 0 Å². The molecule has 0 aliphatic carbocycles. The molecule has 2 heterocycles. The van der Waals surface area contributed by atoms with Crippen LogP contribution in [0.15, 0.2) is 164 Å². The summed E-state index contributed by atoms with van der Waals surface area (Å²) in [7, 11) is 0. The van der Waals surface area contributed by atoms with E-state index in [-0.39, 0.29) is 0 Å². The second-order valence-corrected chi connectivity index (χ2v) is 12.4. The highest BCUT2D eigenvalue weighted by atomic mass is 32.1. The van der Waals surface area contributed by atoms with E-state index in [4.69, 9.17) is 0 Å². The molecule has 0 bridgehead atoms. The van der Waals surface area contributed by atoms with Crippen LogP contribution in [0.5, 0.6) is 0 Å². The van der Waals surface area contributed by atoms with Gasteiger partial charge in [0.05, 0.1) is 15.7 Å². The molecule has 0 radical (unpaired) electrons. The lowest BCUT2D eigenvalue weighted by atomic mass is 9.98. The van der Waals surface area contributed by atoms with Crippen LogP contribution in [-0.4, -0.2) is 4.57 Å². The van der Waals surface area contributed by atoms with Crippen molar-refractivity contribution in [3.8, 4) is 39.1 Å². The fourth-order valence-corrected chi connectivity index (χ4v) is 7.93. The first kappa shape index (κ1) is 25.1. The minimum atomic E-state index is 1.18. The molecule has 0 amide bonds. The predicted molar refractivity (Wildman–Crippen MR) is 190 cm³/mol. The molecule has 0 saturated carbocycles. The molecule has 0 saturated heterocycles.